The molecule has 0 amide bonds. The fourth-order valence-corrected chi connectivity index (χ4v) is 2.39. The zero-order valence-corrected chi connectivity index (χ0v) is 13.0. The molecule has 0 radical (unpaired) electrons. The molecule has 114 valence electrons. The van der Waals surface area contributed by atoms with Gasteiger partial charge in [-0.25, -0.2) is 4.98 Å². The number of ether oxygens (including phenoxy) is 1. The lowest BCUT2D eigenvalue weighted by molar-refractivity contribution is 0.340. The number of rotatable bonds is 6. The van der Waals surface area contributed by atoms with Crippen molar-refractivity contribution >= 4 is 11.3 Å². The van der Waals surface area contributed by atoms with Crippen LogP contribution in [0.4, 0.5) is 5.69 Å². The number of hydrogen-bond donors (Lipinski definition) is 1. The average molecular weight is 295 g/mol. The van der Waals surface area contributed by atoms with E-state index in [0.29, 0.717) is 6.61 Å². The van der Waals surface area contributed by atoms with Gasteiger partial charge in [0.15, 0.2) is 0 Å². The van der Waals surface area contributed by atoms with Gasteiger partial charge in [0.1, 0.15) is 11.4 Å². The maximum atomic E-state index is 5.48. The number of fused-ring (bicyclic) bond motifs is 1. The molecule has 0 saturated carbocycles. The van der Waals surface area contributed by atoms with E-state index in [-0.39, 0.29) is 0 Å². The highest BCUT2D eigenvalue weighted by molar-refractivity contribution is 5.64. The Morgan fingerprint density at radius 2 is 1.86 bits per heavy atom. The molecule has 4 heteroatoms. The normalized spacial score (nSPS) is 10.8. The zero-order valence-electron chi connectivity index (χ0n) is 13.0. The quantitative estimate of drug-likeness (QED) is 0.740. The molecule has 1 aromatic carbocycles. The van der Waals surface area contributed by atoms with Gasteiger partial charge in [0.2, 0.25) is 0 Å². The van der Waals surface area contributed by atoms with E-state index in [9.17, 15) is 0 Å². The van der Waals surface area contributed by atoms with Gasteiger partial charge >= 0.3 is 0 Å². The second-order valence-electron chi connectivity index (χ2n) is 5.19. The van der Waals surface area contributed by atoms with Crippen LogP contribution in [0, 0.1) is 0 Å². The summed E-state index contributed by atoms with van der Waals surface area (Å²) in [5.41, 5.74) is 4.13. The van der Waals surface area contributed by atoms with Crippen molar-refractivity contribution in [1.82, 2.24) is 9.38 Å². The number of benzene rings is 1. The van der Waals surface area contributed by atoms with Crippen molar-refractivity contribution in [3.63, 3.8) is 0 Å². The summed E-state index contributed by atoms with van der Waals surface area (Å²) in [7, 11) is 0. The zero-order chi connectivity index (χ0) is 15.4. The van der Waals surface area contributed by atoms with Crippen LogP contribution in [0.3, 0.4) is 0 Å². The van der Waals surface area contributed by atoms with Crippen LogP contribution < -0.4 is 10.1 Å². The van der Waals surface area contributed by atoms with E-state index in [2.05, 4.69) is 40.1 Å². The van der Waals surface area contributed by atoms with E-state index in [4.69, 9.17) is 4.74 Å². The first-order chi connectivity index (χ1) is 10.8. The second kappa shape index (κ2) is 6.52. The Balaban J connectivity index is 1.87. The van der Waals surface area contributed by atoms with Crippen LogP contribution in [0.25, 0.3) is 16.9 Å². The Morgan fingerprint density at radius 3 is 2.59 bits per heavy atom. The van der Waals surface area contributed by atoms with Crippen LogP contribution in [0.5, 0.6) is 5.75 Å². The lowest BCUT2D eigenvalue weighted by Crippen LogP contribution is -2.00. The molecule has 4 nitrogen and oxygen atoms in total. The molecular weight excluding hydrogens is 274 g/mol. The summed E-state index contributed by atoms with van der Waals surface area (Å²) in [6, 6.07) is 12.2. The third-order valence-corrected chi connectivity index (χ3v) is 3.49. The van der Waals surface area contributed by atoms with Crippen LogP contribution in [0.2, 0.25) is 0 Å². The first-order valence-corrected chi connectivity index (χ1v) is 7.76. The summed E-state index contributed by atoms with van der Waals surface area (Å²) < 4.78 is 7.53. The third-order valence-electron chi connectivity index (χ3n) is 3.49. The molecule has 3 rings (SSSR count). The van der Waals surface area contributed by atoms with E-state index >= 15 is 0 Å². The van der Waals surface area contributed by atoms with Gasteiger partial charge in [-0.2, -0.15) is 0 Å². The van der Waals surface area contributed by atoms with Crippen LogP contribution in [-0.2, 0) is 0 Å². The topological polar surface area (TPSA) is 38.6 Å². The van der Waals surface area contributed by atoms with Crippen LogP contribution in [-0.4, -0.2) is 22.5 Å². The first kappa shape index (κ1) is 14.4. The van der Waals surface area contributed by atoms with Crippen molar-refractivity contribution in [2.75, 3.05) is 18.5 Å². The molecule has 22 heavy (non-hydrogen) atoms. The van der Waals surface area contributed by atoms with Crippen molar-refractivity contribution in [3.8, 4) is 17.0 Å². The summed E-state index contributed by atoms with van der Waals surface area (Å²) in [5.74, 6) is 0.890. The molecule has 0 fully saturated rings. The van der Waals surface area contributed by atoms with E-state index in [1.807, 2.05) is 37.3 Å². The lowest BCUT2D eigenvalue weighted by Gasteiger charge is -2.04. The Labute approximate surface area is 130 Å². The van der Waals surface area contributed by atoms with Gasteiger partial charge in [0.05, 0.1) is 18.0 Å². The van der Waals surface area contributed by atoms with Crippen molar-refractivity contribution in [3.05, 3.63) is 48.8 Å². The van der Waals surface area contributed by atoms with Gasteiger partial charge < -0.3 is 14.5 Å². The molecule has 3 aromatic rings. The van der Waals surface area contributed by atoms with Crippen molar-refractivity contribution in [2.45, 2.75) is 20.3 Å². The Kier molecular flexibility index (Phi) is 4.28. The summed E-state index contributed by atoms with van der Waals surface area (Å²) in [5, 5.41) is 3.39. The summed E-state index contributed by atoms with van der Waals surface area (Å²) in [4.78, 5) is 4.67. The van der Waals surface area contributed by atoms with E-state index in [1.165, 1.54) is 0 Å². The second-order valence-corrected chi connectivity index (χ2v) is 5.19. The molecule has 0 unspecified atom stereocenters. The van der Waals surface area contributed by atoms with Crippen LogP contribution in [0.15, 0.2) is 48.8 Å². The Bertz CT molecular complexity index is 747. The molecular formula is C18H21N3O. The van der Waals surface area contributed by atoms with Gasteiger partial charge in [-0.15, -0.1) is 0 Å². The highest BCUT2D eigenvalue weighted by Crippen LogP contribution is 2.23. The number of hydrogen-bond acceptors (Lipinski definition) is 3. The van der Waals surface area contributed by atoms with E-state index in [1.54, 1.807) is 0 Å². The van der Waals surface area contributed by atoms with Gasteiger partial charge in [-0.05, 0) is 49.7 Å². The standard InChI is InChI=1S/C18H21N3O/c1-3-11-19-15-7-10-18-20-17(13-21(18)12-15)14-5-8-16(9-6-14)22-4-2/h5-10,12-13,19H,3-4,11H2,1-2H3. The van der Waals surface area contributed by atoms with Gasteiger partial charge in [0.25, 0.3) is 0 Å². The lowest BCUT2D eigenvalue weighted by atomic mass is 10.2. The molecule has 2 heterocycles. The molecule has 0 aliphatic rings. The number of anilines is 1. The SMILES string of the molecule is CCCNc1ccc2nc(-c3ccc(OCC)cc3)cn2c1. The summed E-state index contributed by atoms with van der Waals surface area (Å²) in [6.07, 6.45) is 5.25. The van der Waals surface area contributed by atoms with Crippen LogP contribution in [0.1, 0.15) is 20.3 Å². The highest BCUT2D eigenvalue weighted by Gasteiger charge is 2.05. The van der Waals surface area contributed by atoms with Gasteiger partial charge in [-0.3, -0.25) is 0 Å². The third kappa shape index (κ3) is 3.06. The van der Waals surface area contributed by atoms with Crippen LogP contribution >= 0.6 is 0 Å². The molecule has 0 bridgehead atoms. The minimum Gasteiger partial charge on any atom is -0.494 e. The highest BCUT2D eigenvalue weighted by atomic mass is 16.5. The smallest absolute Gasteiger partial charge is 0.137 e. The number of pyridine rings is 1. The Morgan fingerprint density at radius 1 is 1.05 bits per heavy atom. The van der Waals surface area contributed by atoms with E-state index < -0.39 is 0 Å². The predicted octanol–water partition coefficient (Wildman–Crippen LogP) is 4.22. The van der Waals surface area contributed by atoms with Crippen molar-refractivity contribution in [2.24, 2.45) is 0 Å². The molecule has 0 saturated heterocycles. The number of nitrogens with zero attached hydrogens (tertiary/aromatic N) is 2. The minimum atomic E-state index is 0.682. The van der Waals surface area contributed by atoms with Crippen molar-refractivity contribution in [1.29, 1.82) is 0 Å². The maximum absolute atomic E-state index is 5.48. The first-order valence-electron chi connectivity index (χ1n) is 7.76. The maximum Gasteiger partial charge on any atom is 0.137 e. The fraction of sp³-hybridized carbons (Fsp3) is 0.278. The molecule has 2 aromatic heterocycles. The predicted molar refractivity (Wildman–Crippen MR) is 90.6 cm³/mol. The largest absolute Gasteiger partial charge is 0.494 e. The number of imidazole rings is 1. The summed E-state index contributed by atoms with van der Waals surface area (Å²) >= 11 is 0. The van der Waals surface area contributed by atoms with Gasteiger partial charge in [0, 0.05) is 24.5 Å². The van der Waals surface area contributed by atoms with Crippen molar-refractivity contribution < 1.29 is 4.74 Å². The number of aromatic nitrogens is 2. The molecule has 1 N–H and O–H groups in total. The molecule has 0 aliphatic carbocycles. The average Bonchev–Trinajstić information content (AvgIpc) is 2.97. The number of nitrogens with one attached hydrogen (secondary N) is 1. The Hall–Kier alpha value is -2.49. The molecule has 0 atom stereocenters. The summed E-state index contributed by atoms with van der Waals surface area (Å²) in [6.45, 7) is 5.81. The monoisotopic (exact) mass is 295 g/mol. The van der Waals surface area contributed by atoms with Gasteiger partial charge in [-0.1, -0.05) is 6.92 Å². The molecule has 0 aliphatic heterocycles. The van der Waals surface area contributed by atoms with E-state index in [0.717, 1.165) is 41.3 Å². The molecule has 0 spiro atoms. The fourth-order valence-electron chi connectivity index (χ4n) is 2.39. The minimum absolute atomic E-state index is 0.682.